The maximum atomic E-state index is 11.8. The number of hydrazone groups is 1. The molecule has 2 aromatic carbocycles. The predicted octanol–water partition coefficient (Wildman–Crippen LogP) is 4.19. The van der Waals surface area contributed by atoms with Crippen LogP contribution in [0.2, 0.25) is 15.1 Å². The van der Waals surface area contributed by atoms with Crippen LogP contribution in [0, 0.1) is 0 Å². The number of benzene rings is 2. The Morgan fingerprint density at radius 3 is 2.46 bits per heavy atom. The number of carbonyl (C=O) groups is 1. The van der Waals surface area contributed by atoms with Crippen LogP contribution in [0.1, 0.15) is 5.56 Å². The maximum Gasteiger partial charge on any atom is 0.277 e. The molecule has 0 aliphatic carbocycles. The van der Waals surface area contributed by atoms with Gasteiger partial charge in [0.05, 0.1) is 35.5 Å². The second kappa shape index (κ2) is 9.52. The minimum absolute atomic E-state index is 0.247. The Bertz CT molecular complexity index is 828. The van der Waals surface area contributed by atoms with Crippen LogP contribution in [-0.4, -0.2) is 32.9 Å². The highest BCUT2D eigenvalue weighted by molar-refractivity contribution is 6.43. The van der Waals surface area contributed by atoms with Crippen molar-refractivity contribution in [3.63, 3.8) is 0 Å². The van der Waals surface area contributed by atoms with Crippen molar-refractivity contribution in [2.75, 3.05) is 20.8 Å². The van der Waals surface area contributed by atoms with Crippen LogP contribution in [0.5, 0.6) is 17.2 Å². The number of hydrogen-bond donors (Lipinski definition) is 1. The smallest absolute Gasteiger partial charge is 0.277 e. The van der Waals surface area contributed by atoms with Crippen LogP contribution < -0.4 is 19.6 Å². The van der Waals surface area contributed by atoms with E-state index in [9.17, 15) is 4.79 Å². The zero-order chi connectivity index (χ0) is 19.1. The van der Waals surface area contributed by atoms with Crippen LogP contribution in [-0.2, 0) is 4.79 Å². The van der Waals surface area contributed by atoms with Gasteiger partial charge >= 0.3 is 0 Å². The molecule has 1 amide bonds. The van der Waals surface area contributed by atoms with Crippen LogP contribution in [0.25, 0.3) is 0 Å². The van der Waals surface area contributed by atoms with Crippen molar-refractivity contribution in [2.24, 2.45) is 5.10 Å². The second-order valence-electron chi connectivity index (χ2n) is 4.89. The summed E-state index contributed by atoms with van der Waals surface area (Å²) in [4.78, 5) is 11.8. The third-order valence-corrected chi connectivity index (χ3v) is 4.18. The monoisotopic (exact) mass is 416 g/mol. The topological polar surface area (TPSA) is 69.2 Å². The average Bonchev–Trinajstić information content (AvgIpc) is 2.63. The Hall–Kier alpha value is -2.15. The van der Waals surface area contributed by atoms with Gasteiger partial charge in [-0.25, -0.2) is 5.43 Å². The lowest BCUT2D eigenvalue weighted by atomic mass is 10.2. The largest absolute Gasteiger partial charge is 0.497 e. The molecule has 0 spiro atoms. The molecule has 1 N–H and O–H groups in total. The summed E-state index contributed by atoms with van der Waals surface area (Å²) in [6.45, 7) is -0.297. The number of nitrogens with one attached hydrogen (secondary N) is 1. The molecule has 138 valence electrons. The highest BCUT2D eigenvalue weighted by Crippen LogP contribution is 2.33. The molecule has 2 aromatic rings. The van der Waals surface area contributed by atoms with Gasteiger partial charge in [0.25, 0.3) is 5.91 Å². The number of nitrogens with zero attached hydrogens (tertiary/aromatic N) is 1. The molecule has 0 aromatic heterocycles. The van der Waals surface area contributed by atoms with E-state index in [0.717, 1.165) is 0 Å². The van der Waals surface area contributed by atoms with E-state index in [4.69, 9.17) is 49.0 Å². The van der Waals surface area contributed by atoms with Crippen LogP contribution in [0.15, 0.2) is 35.4 Å². The van der Waals surface area contributed by atoms with Gasteiger partial charge in [-0.2, -0.15) is 5.10 Å². The fourth-order valence-electron chi connectivity index (χ4n) is 1.89. The van der Waals surface area contributed by atoms with Gasteiger partial charge in [0.2, 0.25) is 0 Å². The zero-order valence-corrected chi connectivity index (χ0v) is 16.2. The number of halogens is 3. The SMILES string of the molecule is COc1ccc(C=NNC(=O)COc2cc(Cl)c(Cl)cc2Cl)c(OC)c1. The fourth-order valence-corrected chi connectivity index (χ4v) is 2.48. The van der Waals surface area contributed by atoms with Crippen molar-refractivity contribution >= 4 is 46.9 Å². The van der Waals surface area contributed by atoms with E-state index in [0.29, 0.717) is 22.1 Å². The molecule has 0 aliphatic rings. The van der Waals surface area contributed by atoms with E-state index in [1.165, 1.54) is 25.5 Å². The summed E-state index contributed by atoms with van der Waals surface area (Å²) < 4.78 is 15.7. The number of hydrogen-bond acceptors (Lipinski definition) is 5. The third-order valence-electron chi connectivity index (χ3n) is 3.17. The van der Waals surface area contributed by atoms with E-state index in [2.05, 4.69) is 10.5 Å². The lowest BCUT2D eigenvalue weighted by Crippen LogP contribution is -2.24. The molecule has 6 nitrogen and oxygen atoms in total. The molecule has 0 saturated carbocycles. The summed E-state index contributed by atoms with van der Waals surface area (Å²) in [5, 5.41) is 4.69. The molecule has 0 aliphatic heterocycles. The van der Waals surface area contributed by atoms with Gasteiger partial charge in [-0.05, 0) is 18.2 Å². The van der Waals surface area contributed by atoms with Crippen molar-refractivity contribution in [2.45, 2.75) is 0 Å². The molecule has 0 unspecified atom stereocenters. The molecule has 9 heteroatoms. The molecular formula is C17H15Cl3N2O4. The van der Waals surface area contributed by atoms with Gasteiger partial charge in [0, 0.05) is 17.7 Å². The van der Waals surface area contributed by atoms with Gasteiger partial charge in [0.1, 0.15) is 17.2 Å². The highest BCUT2D eigenvalue weighted by atomic mass is 35.5. The highest BCUT2D eigenvalue weighted by Gasteiger charge is 2.09. The molecule has 0 fully saturated rings. The first kappa shape index (κ1) is 20.2. The number of ether oxygens (including phenoxy) is 3. The first-order valence-corrected chi connectivity index (χ1v) is 8.39. The predicted molar refractivity (Wildman–Crippen MR) is 102 cm³/mol. The summed E-state index contributed by atoms with van der Waals surface area (Å²) in [5.41, 5.74) is 3.01. The van der Waals surface area contributed by atoms with E-state index in [1.54, 1.807) is 25.3 Å². The molecule has 0 atom stereocenters. The Balaban J connectivity index is 1.93. The van der Waals surface area contributed by atoms with Gasteiger partial charge in [-0.15, -0.1) is 0 Å². The van der Waals surface area contributed by atoms with Crippen LogP contribution >= 0.6 is 34.8 Å². The fraction of sp³-hybridized carbons (Fsp3) is 0.176. The molecule has 0 saturated heterocycles. The number of methoxy groups -OCH3 is 2. The number of carbonyl (C=O) groups excluding carboxylic acids is 1. The summed E-state index contributed by atoms with van der Waals surface area (Å²) in [6.07, 6.45) is 1.45. The number of rotatable bonds is 7. The average molecular weight is 418 g/mol. The first-order valence-electron chi connectivity index (χ1n) is 7.26. The van der Waals surface area contributed by atoms with Crippen molar-refractivity contribution in [1.29, 1.82) is 0 Å². The molecule has 26 heavy (non-hydrogen) atoms. The van der Waals surface area contributed by atoms with E-state index in [-0.39, 0.29) is 22.4 Å². The van der Waals surface area contributed by atoms with Gasteiger partial charge < -0.3 is 14.2 Å². The normalized spacial score (nSPS) is 10.7. The third kappa shape index (κ3) is 5.42. The number of amides is 1. The summed E-state index contributed by atoms with van der Waals surface area (Å²) in [6, 6.07) is 8.08. The van der Waals surface area contributed by atoms with Crippen molar-refractivity contribution in [1.82, 2.24) is 5.43 Å². The zero-order valence-electron chi connectivity index (χ0n) is 13.9. The second-order valence-corrected chi connectivity index (χ2v) is 6.11. The summed E-state index contributed by atoms with van der Waals surface area (Å²) in [5.74, 6) is 0.976. The minimum atomic E-state index is -0.476. The van der Waals surface area contributed by atoms with Crippen molar-refractivity contribution < 1.29 is 19.0 Å². The Morgan fingerprint density at radius 2 is 1.77 bits per heavy atom. The molecule has 0 heterocycles. The lowest BCUT2D eigenvalue weighted by Gasteiger charge is -2.08. The van der Waals surface area contributed by atoms with Crippen molar-refractivity contribution in [3.05, 3.63) is 51.0 Å². The summed E-state index contributed by atoms with van der Waals surface area (Å²) >= 11 is 17.7. The Morgan fingerprint density at radius 1 is 1.04 bits per heavy atom. The van der Waals surface area contributed by atoms with E-state index in [1.807, 2.05) is 0 Å². The van der Waals surface area contributed by atoms with E-state index >= 15 is 0 Å². The van der Waals surface area contributed by atoms with Crippen LogP contribution in [0.4, 0.5) is 0 Å². The van der Waals surface area contributed by atoms with E-state index < -0.39 is 5.91 Å². The maximum absolute atomic E-state index is 11.8. The molecule has 2 rings (SSSR count). The standard InChI is InChI=1S/C17H15Cl3N2O4/c1-24-11-4-3-10(15(5-11)25-2)8-21-22-17(23)9-26-16-7-13(19)12(18)6-14(16)20/h3-8H,9H2,1-2H3,(H,22,23). The quantitative estimate of drug-likeness (QED) is 0.416. The molecule has 0 bridgehead atoms. The van der Waals surface area contributed by atoms with Gasteiger partial charge in [-0.1, -0.05) is 34.8 Å². The Labute approximate surface area is 165 Å². The Kier molecular flexibility index (Phi) is 7.38. The van der Waals surface area contributed by atoms with Gasteiger partial charge in [0.15, 0.2) is 6.61 Å². The molecular weight excluding hydrogens is 403 g/mol. The molecule has 0 radical (unpaired) electrons. The van der Waals surface area contributed by atoms with Gasteiger partial charge in [-0.3, -0.25) is 4.79 Å². The minimum Gasteiger partial charge on any atom is -0.497 e. The first-order chi connectivity index (χ1) is 12.4. The van der Waals surface area contributed by atoms with Crippen LogP contribution in [0.3, 0.4) is 0 Å². The van der Waals surface area contributed by atoms with Crippen molar-refractivity contribution in [3.8, 4) is 17.2 Å². The summed E-state index contributed by atoms with van der Waals surface area (Å²) in [7, 11) is 3.09. The lowest BCUT2D eigenvalue weighted by molar-refractivity contribution is -0.123.